The number of para-hydroxylation sites is 1. The van der Waals surface area contributed by atoms with Gasteiger partial charge in [-0.25, -0.2) is 9.40 Å². The quantitative estimate of drug-likeness (QED) is 0.283. The first-order valence-electron chi connectivity index (χ1n) is 9.63. The van der Waals surface area contributed by atoms with Crippen LogP contribution in [0.4, 0.5) is 10.1 Å². The molecule has 0 aromatic heterocycles. The van der Waals surface area contributed by atoms with Crippen LogP contribution in [-0.4, -0.2) is 18.9 Å². The Morgan fingerprint density at radius 2 is 1.84 bits per heavy atom. The molecule has 0 atom stereocenters. The molecule has 1 heterocycles. The molecule has 0 radical (unpaired) electrons. The van der Waals surface area contributed by atoms with Crippen LogP contribution in [0.5, 0.6) is 11.5 Å². The van der Waals surface area contributed by atoms with Gasteiger partial charge in [0.1, 0.15) is 18.0 Å². The average molecular weight is 544 g/mol. The van der Waals surface area contributed by atoms with Gasteiger partial charge < -0.3 is 9.47 Å². The topological polar surface area (TPSA) is 67.9 Å². The highest BCUT2D eigenvalue weighted by Gasteiger charge is 2.34. The van der Waals surface area contributed by atoms with Gasteiger partial charge in [-0.15, -0.1) is 0 Å². The lowest BCUT2D eigenvalue weighted by molar-refractivity contribution is -0.117. The molecule has 0 saturated carbocycles. The molecule has 1 aliphatic heterocycles. The van der Waals surface area contributed by atoms with Crippen molar-refractivity contribution in [1.29, 1.82) is 0 Å². The smallest absolute Gasteiger partial charge is 0.282 e. The van der Waals surface area contributed by atoms with Crippen molar-refractivity contribution in [3.8, 4) is 11.5 Å². The number of hydrogen-bond acceptors (Lipinski definition) is 4. The predicted octanol–water partition coefficient (Wildman–Crippen LogP) is 4.48. The molecular weight excluding hydrogens is 526 g/mol. The maximum Gasteiger partial charge on any atom is 0.282 e. The number of nitrogens with one attached hydrogen (secondary N) is 1. The summed E-state index contributed by atoms with van der Waals surface area (Å²) in [6.07, 6.45) is 1.52. The van der Waals surface area contributed by atoms with Gasteiger partial charge in [-0.2, -0.15) is 0 Å². The highest BCUT2D eigenvalue weighted by molar-refractivity contribution is 14.1. The van der Waals surface area contributed by atoms with E-state index in [1.165, 1.54) is 30.3 Å². The molecule has 4 rings (SSSR count). The highest BCUT2D eigenvalue weighted by Crippen LogP contribution is 2.35. The third-order valence-corrected chi connectivity index (χ3v) is 5.54. The van der Waals surface area contributed by atoms with Gasteiger partial charge in [0, 0.05) is 0 Å². The zero-order valence-corrected chi connectivity index (χ0v) is 19.1. The normalized spacial score (nSPS) is 14.6. The number of benzene rings is 3. The van der Waals surface area contributed by atoms with Crippen LogP contribution in [0.2, 0.25) is 0 Å². The number of hydrogen-bond donors (Lipinski definition) is 1. The lowest BCUT2D eigenvalue weighted by Gasteiger charge is -2.14. The molecule has 0 unspecified atom stereocenters. The molecule has 0 aliphatic carbocycles. The van der Waals surface area contributed by atoms with Crippen molar-refractivity contribution in [1.82, 2.24) is 5.43 Å². The molecule has 6 nitrogen and oxygen atoms in total. The van der Waals surface area contributed by atoms with E-state index in [2.05, 4.69) is 28.0 Å². The number of carbonyl (C=O) groups is 2. The Morgan fingerprint density at radius 3 is 2.56 bits per heavy atom. The molecule has 1 N–H and O–H groups in total. The standard InChI is InChI=1S/C24H18FIN2O4/c1-31-21-13-16(12-20(26)22(21)32-14-15-6-5-7-17(25)10-15)11-19-23(29)27-28(24(19)30)18-8-3-2-4-9-18/h2-13H,14H2,1H3,(H,27,29)/b19-11-. The van der Waals surface area contributed by atoms with E-state index >= 15 is 0 Å². The Balaban J connectivity index is 1.59. The van der Waals surface area contributed by atoms with Crippen LogP contribution in [0.15, 0.2) is 72.3 Å². The maximum absolute atomic E-state index is 13.4. The van der Waals surface area contributed by atoms with Gasteiger partial charge in [0.25, 0.3) is 11.8 Å². The Kier molecular flexibility index (Phi) is 6.40. The first kappa shape index (κ1) is 21.8. The van der Waals surface area contributed by atoms with E-state index in [0.717, 1.165) is 3.57 Å². The maximum atomic E-state index is 13.4. The lowest BCUT2D eigenvalue weighted by Crippen LogP contribution is -2.35. The molecule has 32 heavy (non-hydrogen) atoms. The second-order valence-corrected chi connectivity index (χ2v) is 8.09. The van der Waals surface area contributed by atoms with Gasteiger partial charge in [0.2, 0.25) is 0 Å². The fourth-order valence-corrected chi connectivity index (χ4v) is 4.01. The second kappa shape index (κ2) is 9.39. The number of anilines is 1. The number of halogens is 2. The van der Waals surface area contributed by atoms with Crippen LogP contribution in [0.25, 0.3) is 6.08 Å². The predicted molar refractivity (Wildman–Crippen MR) is 126 cm³/mol. The van der Waals surface area contributed by atoms with E-state index in [4.69, 9.17) is 9.47 Å². The largest absolute Gasteiger partial charge is 0.493 e. The molecule has 0 spiro atoms. The molecule has 1 fully saturated rings. The summed E-state index contributed by atoms with van der Waals surface area (Å²) >= 11 is 2.09. The Bertz CT molecular complexity index is 1210. The molecule has 3 aromatic rings. The van der Waals surface area contributed by atoms with Crippen molar-refractivity contribution >= 4 is 46.2 Å². The van der Waals surface area contributed by atoms with Crippen LogP contribution in [0, 0.1) is 9.39 Å². The van der Waals surface area contributed by atoms with Crippen LogP contribution in [-0.2, 0) is 16.2 Å². The highest BCUT2D eigenvalue weighted by atomic mass is 127. The molecule has 0 bridgehead atoms. The Labute approximate surface area is 197 Å². The fraction of sp³-hybridized carbons (Fsp3) is 0.0833. The number of amides is 2. The molecule has 3 aromatic carbocycles. The SMILES string of the molecule is COc1cc(/C=C2/C(=O)NN(c3ccccc3)C2=O)cc(I)c1OCc1cccc(F)c1. The number of nitrogens with zero attached hydrogens (tertiary/aromatic N) is 1. The molecule has 8 heteroatoms. The zero-order chi connectivity index (χ0) is 22.7. The number of carbonyl (C=O) groups excluding carboxylic acids is 2. The number of hydrazine groups is 1. The van der Waals surface area contributed by atoms with Crippen LogP contribution >= 0.6 is 22.6 Å². The van der Waals surface area contributed by atoms with E-state index in [1.54, 1.807) is 48.5 Å². The summed E-state index contributed by atoms with van der Waals surface area (Å²) in [6.45, 7) is 0.164. The van der Waals surface area contributed by atoms with E-state index in [9.17, 15) is 14.0 Å². The van der Waals surface area contributed by atoms with Crippen molar-refractivity contribution < 1.29 is 23.5 Å². The van der Waals surface area contributed by atoms with Crippen LogP contribution < -0.4 is 19.9 Å². The van der Waals surface area contributed by atoms with Crippen LogP contribution in [0.3, 0.4) is 0 Å². The minimum atomic E-state index is -0.487. The Hall–Kier alpha value is -3.40. The third-order valence-electron chi connectivity index (χ3n) is 4.74. The summed E-state index contributed by atoms with van der Waals surface area (Å²) in [6, 6.07) is 18.5. The first-order valence-corrected chi connectivity index (χ1v) is 10.7. The van der Waals surface area contributed by atoms with Crippen LogP contribution in [0.1, 0.15) is 11.1 Å². The van der Waals surface area contributed by atoms with Gasteiger partial charge >= 0.3 is 0 Å². The summed E-state index contributed by atoms with van der Waals surface area (Å²) in [5, 5.41) is 1.22. The number of rotatable bonds is 6. The monoisotopic (exact) mass is 544 g/mol. The number of ether oxygens (including phenoxy) is 2. The van der Waals surface area contributed by atoms with Gasteiger partial charge in [0.05, 0.1) is 16.4 Å². The second-order valence-electron chi connectivity index (χ2n) is 6.93. The van der Waals surface area contributed by atoms with Crippen molar-refractivity contribution in [3.63, 3.8) is 0 Å². The molecule has 2 amide bonds. The minimum Gasteiger partial charge on any atom is -0.493 e. The summed E-state index contributed by atoms with van der Waals surface area (Å²) in [4.78, 5) is 25.2. The molecule has 1 saturated heterocycles. The summed E-state index contributed by atoms with van der Waals surface area (Å²) < 4.78 is 25.5. The van der Waals surface area contributed by atoms with Crippen molar-refractivity contribution in [2.24, 2.45) is 0 Å². The summed E-state index contributed by atoms with van der Waals surface area (Å²) in [5.74, 6) is -0.335. The number of methoxy groups -OCH3 is 1. The van der Waals surface area contributed by atoms with E-state index in [0.29, 0.717) is 28.3 Å². The van der Waals surface area contributed by atoms with E-state index < -0.39 is 11.8 Å². The van der Waals surface area contributed by atoms with Gasteiger partial charge in [-0.3, -0.25) is 15.0 Å². The van der Waals surface area contributed by atoms with Crippen molar-refractivity contribution in [2.75, 3.05) is 12.1 Å². The average Bonchev–Trinajstić information content (AvgIpc) is 3.07. The van der Waals surface area contributed by atoms with Gasteiger partial charge in [-0.1, -0.05) is 30.3 Å². The van der Waals surface area contributed by atoms with Crippen molar-refractivity contribution in [3.05, 3.63) is 92.8 Å². The third kappa shape index (κ3) is 4.59. The molecule has 162 valence electrons. The van der Waals surface area contributed by atoms with Gasteiger partial charge in [0.15, 0.2) is 11.5 Å². The van der Waals surface area contributed by atoms with E-state index in [1.807, 2.05) is 6.07 Å². The molecular formula is C24H18FIN2O4. The van der Waals surface area contributed by atoms with E-state index in [-0.39, 0.29) is 18.0 Å². The minimum absolute atomic E-state index is 0.0140. The van der Waals surface area contributed by atoms with Gasteiger partial charge in [-0.05, 0) is 76.2 Å². The Morgan fingerprint density at radius 1 is 1.06 bits per heavy atom. The van der Waals surface area contributed by atoms with Crippen molar-refractivity contribution in [2.45, 2.75) is 6.61 Å². The summed E-state index contributed by atoms with van der Waals surface area (Å²) in [7, 11) is 1.50. The molecule has 1 aliphatic rings. The first-order chi connectivity index (χ1) is 15.5. The fourth-order valence-electron chi connectivity index (χ4n) is 3.23. The summed E-state index contributed by atoms with van der Waals surface area (Å²) in [5.41, 5.74) is 4.45. The zero-order valence-electron chi connectivity index (χ0n) is 17.0. The lowest BCUT2D eigenvalue weighted by atomic mass is 10.1.